The van der Waals surface area contributed by atoms with Crippen molar-refractivity contribution >= 4 is 11.9 Å². The average molecular weight is 577 g/mol. The fourth-order valence-electron chi connectivity index (χ4n) is 7.77. The summed E-state index contributed by atoms with van der Waals surface area (Å²) in [6, 6.07) is 9.44. The van der Waals surface area contributed by atoms with Crippen LogP contribution in [0.3, 0.4) is 0 Å². The standard InChI is InChI=1S/C31H43F3N4O3/c1-21(2)38-29(40)36(19-23-12-15-41-16-13-23)20-30(38)17-25-9-10-26(18-30)37(25)14-11-27(24-7-5-4-6-8-24)35-28(39)22(3)31(32,33)34/h4-8,21,23,25-27H,3,9-20H2,1-2H3,(H,35,39)/t25?,26?,27-,30?/m0/s1. The number of urea groups is 1. The third-order valence-corrected chi connectivity index (χ3v) is 9.61. The quantitative estimate of drug-likeness (QED) is 0.406. The van der Waals surface area contributed by atoms with Crippen LogP contribution in [-0.4, -0.2) is 89.3 Å². The molecule has 4 saturated heterocycles. The fraction of sp³-hybridized carbons (Fsp3) is 0.677. The number of halogens is 3. The Balaban J connectivity index is 1.28. The van der Waals surface area contributed by atoms with E-state index in [1.807, 2.05) is 30.3 Å². The predicted octanol–water partition coefficient (Wildman–Crippen LogP) is 5.29. The van der Waals surface area contributed by atoms with E-state index < -0.39 is 23.7 Å². The summed E-state index contributed by atoms with van der Waals surface area (Å²) in [7, 11) is 0. The molecule has 226 valence electrons. The molecule has 2 unspecified atom stereocenters. The van der Waals surface area contributed by atoms with Crippen LogP contribution in [0.2, 0.25) is 0 Å². The first-order chi connectivity index (χ1) is 19.5. The highest BCUT2D eigenvalue weighted by Gasteiger charge is 2.57. The Kier molecular flexibility index (Phi) is 8.71. The summed E-state index contributed by atoms with van der Waals surface area (Å²) >= 11 is 0. The van der Waals surface area contributed by atoms with Gasteiger partial charge in [0.15, 0.2) is 0 Å². The van der Waals surface area contributed by atoms with Gasteiger partial charge in [0.1, 0.15) is 5.57 Å². The highest BCUT2D eigenvalue weighted by molar-refractivity contribution is 5.94. The van der Waals surface area contributed by atoms with Crippen LogP contribution in [0.4, 0.5) is 18.0 Å². The predicted molar refractivity (Wildman–Crippen MR) is 150 cm³/mol. The van der Waals surface area contributed by atoms with E-state index in [-0.39, 0.29) is 17.6 Å². The molecule has 0 aliphatic carbocycles. The van der Waals surface area contributed by atoms with Crippen LogP contribution in [0.1, 0.15) is 70.4 Å². The first-order valence-electron chi connectivity index (χ1n) is 15.0. The molecule has 4 heterocycles. The minimum absolute atomic E-state index is 0.104. The Bertz CT molecular complexity index is 1090. The number of rotatable bonds is 9. The molecule has 4 aliphatic rings. The SMILES string of the molecule is C=C(C(=O)N[C@@H](CCN1C2CCC1CC1(C2)CN(CC2CCOCC2)C(=O)N1C(C)C)c1ccccc1)C(F)(F)F. The molecular formula is C31H43F3N4O3. The van der Waals surface area contributed by atoms with Crippen LogP contribution in [-0.2, 0) is 9.53 Å². The average Bonchev–Trinajstić information content (AvgIpc) is 3.34. The molecule has 0 radical (unpaired) electrons. The summed E-state index contributed by atoms with van der Waals surface area (Å²) in [4.78, 5) is 32.8. The summed E-state index contributed by atoms with van der Waals surface area (Å²) in [6.07, 6.45) is 1.57. The number of nitrogens with zero attached hydrogens (tertiary/aromatic N) is 3. The third kappa shape index (κ3) is 6.28. The van der Waals surface area contributed by atoms with Gasteiger partial charge in [0.2, 0.25) is 0 Å². The molecule has 2 bridgehead atoms. The number of amides is 3. The Morgan fingerprint density at radius 3 is 2.32 bits per heavy atom. The van der Waals surface area contributed by atoms with E-state index in [4.69, 9.17) is 4.74 Å². The number of fused-ring (bicyclic) bond motifs is 2. The zero-order valence-electron chi connectivity index (χ0n) is 24.2. The summed E-state index contributed by atoms with van der Waals surface area (Å²) in [6.45, 7) is 10.9. The summed E-state index contributed by atoms with van der Waals surface area (Å²) in [5.41, 5.74) is -0.813. The van der Waals surface area contributed by atoms with Crippen molar-refractivity contribution in [2.24, 2.45) is 5.92 Å². The molecular weight excluding hydrogens is 533 g/mol. The molecule has 4 fully saturated rings. The Labute approximate surface area is 241 Å². The van der Waals surface area contributed by atoms with Gasteiger partial charge < -0.3 is 19.9 Å². The maximum atomic E-state index is 13.7. The van der Waals surface area contributed by atoms with Crippen molar-refractivity contribution in [1.29, 1.82) is 0 Å². The fourth-order valence-corrected chi connectivity index (χ4v) is 7.77. The first kappa shape index (κ1) is 29.9. The molecule has 10 heteroatoms. The van der Waals surface area contributed by atoms with Gasteiger partial charge in [0.05, 0.1) is 11.6 Å². The molecule has 3 atom stereocenters. The third-order valence-electron chi connectivity index (χ3n) is 9.61. The number of ether oxygens (including phenoxy) is 1. The maximum Gasteiger partial charge on any atom is 0.421 e. The zero-order valence-corrected chi connectivity index (χ0v) is 24.2. The van der Waals surface area contributed by atoms with Crippen LogP contribution < -0.4 is 5.32 Å². The molecule has 1 spiro atoms. The minimum atomic E-state index is -4.77. The Morgan fingerprint density at radius 2 is 1.73 bits per heavy atom. The molecule has 5 rings (SSSR count). The van der Waals surface area contributed by atoms with Crippen molar-refractivity contribution < 1.29 is 27.5 Å². The topological polar surface area (TPSA) is 65.1 Å². The van der Waals surface area contributed by atoms with Crippen molar-refractivity contribution in [3.8, 4) is 0 Å². The number of nitrogens with one attached hydrogen (secondary N) is 1. The van der Waals surface area contributed by atoms with Gasteiger partial charge in [-0.15, -0.1) is 0 Å². The molecule has 3 amide bonds. The van der Waals surface area contributed by atoms with Crippen molar-refractivity contribution in [3.05, 3.63) is 48.0 Å². The molecule has 1 aromatic rings. The van der Waals surface area contributed by atoms with E-state index >= 15 is 0 Å². The highest BCUT2D eigenvalue weighted by atomic mass is 19.4. The lowest BCUT2D eigenvalue weighted by atomic mass is 9.81. The van der Waals surface area contributed by atoms with Gasteiger partial charge in [-0.2, -0.15) is 13.2 Å². The monoisotopic (exact) mass is 576 g/mol. The molecule has 0 saturated carbocycles. The molecule has 1 aromatic carbocycles. The van der Waals surface area contributed by atoms with Gasteiger partial charge in [-0.1, -0.05) is 36.9 Å². The molecule has 4 aliphatic heterocycles. The van der Waals surface area contributed by atoms with Gasteiger partial charge in [0.25, 0.3) is 5.91 Å². The van der Waals surface area contributed by atoms with Gasteiger partial charge in [-0.3, -0.25) is 9.69 Å². The Morgan fingerprint density at radius 1 is 1.10 bits per heavy atom. The van der Waals surface area contributed by atoms with E-state index in [9.17, 15) is 22.8 Å². The first-order valence-corrected chi connectivity index (χ1v) is 15.0. The lowest BCUT2D eigenvalue weighted by molar-refractivity contribution is -0.131. The van der Waals surface area contributed by atoms with Gasteiger partial charge >= 0.3 is 12.2 Å². The number of piperidine rings is 1. The second-order valence-corrected chi connectivity index (χ2v) is 12.6. The largest absolute Gasteiger partial charge is 0.421 e. The van der Waals surface area contributed by atoms with Gasteiger partial charge in [-0.25, -0.2) is 4.79 Å². The Hall–Kier alpha value is -2.59. The van der Waals surface area contributed by atoms with E-state index in [1.54, 1.807) is 0 Å². The second-order valence-electron chi connectivity index (χ2n) is 12.6. The smallest absolute Gasteiger partial charge is 0.381 e. The van der Waals surface area contributed by atoms with Crippen LogP contribution in [0.5, 0.6) is 0 Å². The number of benzene rings is 1. The minimum Gasteiger partial charge on any atom is -0.381 e. The van der Waals surface area contributed by atoms with E-state index in [0.717, 1.165) is 70.4 Å². The van der Waals surface area contributed by atoms with Crippen LogP contribution >= 0.6 is 0 Å². The number of carbonyl (C=O) groups is 2. The number of carbonyl (C=O) groups excluding carboxylic acids is 2. The van der Waals surface area contributed by atoms with E-state index in [0.29, 0.717) is 31.0 Å². The van der Waals surface area contributed by atoms with Crippen LogP contribution in [0, 0.1) is 5.92 Å². The van der Waals surface area contributed by atoms with Crippen LogP contribution in [0.15, 0.2) is 42.5 Å². The van der Waals surface area contributed by atoms with Crippen molar-refractivity contribution in [1.82, 2.24) is 20.0 Å². The van der Waals surface area contributed by atoms with E-state index in [2.05, 4.69) is 40.4 Å². The highest BCUT2D eigenvalue weighted by Crippen LogP contribution is 2.48. The summed E-state index contributed by atoms with van der Waals surface area (Å²) in [5, 5.41) is 2.60. The molecule has 1 N–H and O–H groups in total. The molecule has 41 heavy (non-hydrogen) atoms. The van der Waals surface area contributed by atoms with Gasteiger partial charge in [-0.05, 0) is 70.3 Å². The lowest BCUT2D eigenvalue weighted by Gasteiger charge is -2.49. The summed E-state index contributed by atoms with van der Waals surface area (Å²) in [5.74, 6) is -0.708. The number of hydrogen-bond donors (Lipinski definition) is 1. The van der Waals surface area contributed by atoms with Crippen molar-refractivity contribution in [2.75, 3.05) is 32.8 Å². The van der Waals surface area contributed by atoms with Gasteiger partial charge in [0, 0.05) is 51.0 Å². The van der Waals surface area contributed by atoms with Crippen molar-refractivity contribution in [2.45, 2.75) is 94.7 Å². The van der Waals surface area contributed by atoms with E-state index in [1.165, 1.54) is 0 Å². The normalized spacial score (nSPS) is 28.1. The number of alkyl halides is 3. The zero-order chi connectivity index (χ0) is 29.4. The van der Waals surface area contributed by atoms with Crippen LogP contribution in [0.25, 0.3) is 0 Å². The second kappa shape index (κ2) is 12.0. The summed E-state index contributed by atoms with van der Waals surface area (Å²) < 4.78 is 45.0. The molecule has 0 aromatic heterocycles. The van der Waals surface area contributed by atoms with Crippen molar-refractivity contribution in [3.63, 3.8) is 0 Å². The maximum absolute atomic E-state index is 13.7. The number of hydrogen-bond acceptors (Lipinski definition) is 4. The lowest BCUT2D eigenvalue weighted by Crippen LogP contribution is -2.60. The molecule has 7 nitrogen and oxygen atoms in total.